The molecule has 0 aliphatic carbocycles. The van der Waals surface area contributed by atoms with Crippen molar-refractivity contribution in [2.45, 2.75) is 70.6 Å². The fourth-order valence-electron chi connectivity index (χ4n) is 4.53. The van der Waals surface area contributed by atoms with Crippen LogP contribution >= 0.6 is 7.75 Å². The van der Waals surface area contributed by atoms with Crippen molar-refractivity contribution in [2.24, 2.45) is 5.11 Å². The van der Waals surface area contributed by atoms with Crippen LogP contribution in [0.5, 0.6) is 11.6 Å². The SMILES string of the molecule is CCCCOC(=O)[C@H](C)NP(=O)(OC[C@H]1O[C@@H](n2cnc3c(OCC)nc(N)nc32)[C@](C)(N=[N+]=[N-])[C@@H]1O)Oc1ccc(F)cc1. The predicted octanol–water partition coefficient (Wildman–Crippen LogP) is 3.80. The number of halogens is 1. The molecule has 0 saturated carbocycles. The number of esters is 1. The molecule has 1 aliphatic rings. The number of nitrogen functional groups attached to an aromatic ring is 1. The predicted molar refractivity (Wildman–Crippen MR) is 157 cm³/mol. The van der Waals surface area contributed by atoms with Crippen molar-refractivity contribution in [2.75, 3.05) is 25.6 Å². The quantitative estimate of drug-likeness (QED) is 0.0531. The summed E-state index contributed by atoms with van der Waals surface area (Å²) in [5.41, 5.74) is 14.0. The fourth-order valence-corrected chi connectivity index (χ4v) is 6.03. The van der Waals surface area contributed by atoms with Crippen molar-refractivity contribution in [3.8, 4) is 11.6 Å². The maximum absolute atomic E-state index is 13.9. The molecular formula is C26H35FN9O8P. The molecule has 3 heterocycles. The van der Waals surface area contributed by atoms with Gasteiger partial charge in [-0.15, -0.1) is 0 Å². The number of fused-ring (bicyclic) bond motifs is 1. The molecular weight excluding hydrogens is 616 g/mol. The molecule has 3 aromatic rings. The largest absolute Gasteiger partial charge is 0.476 e. The average molecular weight is 652 g/mol. The van der Waals surface area contributed by atoms with E-state index in [9.17, 15) is 24.4 Å². The summed E-state index contributed by atoms with van der Waals surface area (Å²) in [5, 5.41) is 17.7. The van der Waals surface area contributed by atoms with Crippen molar-refractivity contribution in [3.63, 3.8) is 0 Å². The van der Waals surface area contributed by atoms with Gasteiger partial charge in [0.2, 0.25) is 11.8 Å². The lowest BCUT2D eigenvalue weighted by Crippen LogP contribution is -2.43. The van der Waals surface area contributed by atoms with E-state index >= 15 is 0 Å². The highest BCUT2D eigenvalue weighted by Crippen LogP contribution is 2.48. The van der Waals surface area contributed by atoms with Crippen molar-refractivity contribution in [1.82, 2.24) is 24.6 Å². The van der Waals surface area contributed by atoms with E-state index in [1.807, 2.05) is 6.92 Å². The highest BCUT2D eigenvalue weighted by Gasteiger charge is 2.55. The third-order valence-electron chi connectivity index (χ3n) is 6.85. The molecule has 0 amide bonds. The van der Waals surface area contributed by atoms with Gasteiger partial charge in [0.1, 0.15) is 29.3 Å². The molecule has 4 N–H and O–H groups in total. The zero-order valence-corrected chi connectivity index (χ0v) is 26.0. The van der Waals surface area contributed by atoms with Crippen molar-refractivity contribution in [3.05, 3.63) is 46.9 Å². The van der Waals surface area contributed by atoms with Gasteiger partial charge < -0.3 is 29.6 Å². The molecule has 1 aliphatic heterocycles. The molecule has 2 aromatic heterocycles. The van der Waals surface area contributed by atoms with Crippen LogP contribution in [-0.2, 0) is 23.4 Å². The molecule has 19 heteroatoms. The van der Waals surface area contributed by atoms with Crippen LogP contribution < -0.4 is 20.1 Å². The lowest BCUT2D eigenvalue weighted by atomic mass is 9.93. The minimum atomic E-state index is -4.42. The Kier molecular flexibility index (Phi) is 10.8. The number of nitrogens with one attached hydrogen (secondary N) is 1. The Morgan fingerprint density at radius 3 is 2.76 bits per heavy atom. The number of benzene rings is 1. The van der Waals surface area contributed by atoms with Crippen LogP contribution in [0.4, 0.5) is 10.3 Å². The van der Waals surface area contributed by atoms with E-state index in [2.05, 4.69) is 30.1 Å². The standard InChI is InChI=1S/C26H35FN9O8P/c1-5-7-12-41-23(38)15(3)33-45(39,44-17-10-8-16(27)9-11-17)42-13-18-20(37)26(4,34-35-29)24(43-18)36-14-30-19-21(36)31-25(28)32-22(19)40-6-2/h8-11,14-15,18,20,24,37H,5-7,12-13H2,1-4H3,(H,33,39)(H2,28,31,32)/t15-,18+,20+,24+,26+,45?/m0/s1. The Balaban J connectivity index is 1.61. The van der Waals surface area contributed by atoms with Gasteiger partial charge in [0.15, 0.2) is 17.4 Å². The number of aromatic nitrogens is 4. The molecule has 6 atom stereocenters. The van der Waals surface area contributed by atoms with Gasteiger partial charge >= 0.3 is 13.7 Å². The summed E-state index contributed by atoms with van der Waals surface area (Å²) >= 11 is 0. The second-order valence-corrected chi connectivity index (χ2v) is 11.9. The number of aliphatic hydroxyl groups is 1. The van der Waals surface area contributed by atoms with Gasteiger partial charge in [-0.2, -0.15) is 15.1 Å². The highest BCUT2D eigenvalue weighted by atomic mass is 31.2. The minimum absolute atomic E-state index is 0.0317. The number of azide groups is 1. The first-order valence-electron chi connectivity index (χ1n) is 14.1. The maximum Gasteiger partial charge on any atom is 0.459 e. The number of carbonyl (C=O) groups is 1. The number of imidazole rings is 1. The number of ether oxygens (including phenoxy) is 3. The molecule has 45 heavy (non-hydrogen) atoms. The van der Waals surface area contributed by atoms with Crippen molar-refractivity contribution < 1.29 is 42.1 Å². The Morgan fingerprint density at radius 2 is 2.09 bits per heavy atom. The van der Waals surface area contributed by atoms with Gasteiger partial charge in [-0.3, -0.25) is 13.9 Å². The summed E-state index contributed by atoms with van der Waals surface area (Å²) in [6.45, 7) is 6.40. The van der Waals surface area contributed by atoms with Gasteiger partial charge in [0, 0.05) is 4.91 Å². The Hall–Kier alpha value is -4.05. The van der Waals surface area contributed by atoms with Gasteiger partial charge in [-0.1, -0.05) is 18.5 Å². The summed E-state index contributed by atoms with van der Waals surface area (Å²) in [5.74, 6) is -1.30. The summed E-state index contributed by atoms with van der Waals surface area (Å²) in [4.78, 5) is 28.0. The Bertz CT molecular complexity index is 1590. The van der Waals surface area contributed by atoms with Crippen LogP contribution in [0.25, 0.3) is 21.6 Å². The molecule has 17 nitrogen and oxygen atoms in total. The van der Waals surface area contributed by atoms with E-state index in [4.69, 9.17) is 29.0 Å². The third-order valence-corrected chi connectivity index (χ3v) is 8.49. The number of rotatable bonds is 15. The fraction of sp³-hybridized carbons (Fsp3) is 0.538. The monoisotopic (exact) mass is 651 g/mol. The zero-order valence-electron chi connectivity index (χ0n) is 25.1. The molecule has 1 aromatic carbocycles. The summed E-state index contributed by atoms with van der Waals surface area (Å²) < 4.78 is 56.9. The summed E-state index contributed by atoms with van der Waals surface area (Å²) in [7, 11) is -4.42. The number of nitrogens with two attached hydrogens (primary N) is 1. The Morgan fingerprint density at radius 1 is 1.36 bits per heavy atom. The lowest BCUT2D eigenvalue weighted by molar-refractivity contribution is -0.145. The normalized spacial score (nSPS) is 23.2. The molecule has 0 bridgehead atoms. The number of carbonyl (C=O) groups excluding carboxylic acids is 1. The lowest BCUT2D eigenvalue weighted by Gasteiger charge is -2.28. The average Bonchev–Trinajstić information content (AvgIpc) is 3.51. The van der Waals surface area contributed by atoms with E-state index in [1.165, 1.54) is 36.9 Å². The summed E-state index contributed by atoms with van der Waals surface area (Å²) in [6.07, 6.45) is -1.21. The van der Waals surface area contributed by atoms with Gasteiger partial charge in [0.25, 0.3) is 0 Å². The maximum atomic E-state index is 13.9. The number of hydrogen-bond acceptors (Lipinski definition) is 13. The number of hydrogen-bond donors (Lipinski definition) is 3. The molecule has 0 spiro atoms. The van der Waals surface area contributed by atoms with Crippen LogP contribution in [0.1, 0.15) is 46.8 Å². The topological polar surface area (TPSA) is 231 Å². The van der Waals surface area contributed by atoms with E-state index in [0.29, 0.717) is 6.42 Å². The highest BCUT2D eigenvalue weighted by molar-refractivity contribution is 7.52. The smallest absolute Gasteiger partial charge is 0.459 e. The van der Waals surface area contributed by atoms with Gasteiger partial charge in [-0.25, -0.2) is 13.9 Å². The molecule has 1 saturated heterocycles. The minimum Gasteiger partial charge on any atom is -0.476 e. The van der Waals surface area contributed by atoms with Gasteiger partial charge in [-0.05, 0) is 57.0 Å². The van der Waals surface area contributed by atoms with Crippen LogP contribution in [0.15, 0.2) is 35.7 Å². The van der Waals surface area contributed by atoms with Gasteiger partial charge in [0.05, 0.1) is 32.3 Å². The van der Waals surface area contributed by atoms with E-state index in [1.54, 1.807) is 6.92 Å². The van der Waals surface area contributed by atoms with Crippen molar-refractivity contribution >= 4 is 30.8 Å². The van der Waals surface area contributed by atoms with E-state index < -0.39 is 56.2 Å². The molecule has 244 valence electrons. The van der Waals surface area contributed by atoms with E-state index in [0.717, 1.165) is 18.6 Å². The first kappa shape index (κ1) is 33.8. The first-order valence-corrected chi connectivity index (χ1v) is 15.7. The molecule has 4 rings (SSSR count). The van der Waals surface area contributed by atoms with Crippen LogP contribution in [0, 0.1) is 5.82 Å². The van der Waals surface area contributed by atoms with Crippen LogP contribution in [0.3, 0.4) is 0 Å². The van der Waals surface area contributed by atoms with Crippen LogP contribution in [0.2, 0.25) is 0 Å². The number of unbranched alkanes of at least 4 members (excludes halogenated alkanes) is 1. The molecule has 1 unspecified atom stereocenters. The second-order valence-electron chi connectivity index (χ2n) is 10.2. The first-order chi connectivity index (χ1) is 21.4. The van der Waals surface area contributed by atoms with E-state index in [-0.39, 0.29) is 42.0 Å². The number of aliphatic hydroxyl groups excluding tert-OH is 1. The summed E-state index contributed by atoms with van der Waals surface area (Å²) in [6, 6.07) is 3.48. The van der Waals surface area contributed by atoms with Crippen molar-refractivity contribution in [1.29, 1.82) is 0 Å². The van der Waals surface area contributed by atoms with Crippen LogP contribution in [-0.4, -0.2) is 74.2 Å². The second kappa shape index (κ2) is 14.4. The zero-order chi connectivity index (χ0) is 32.8. The number of nitrogens with zero attached hydrogens (tertiary/aromatic N) is 7. The molecule has 0 radical (unpaired) electrons. The molecule has 1 fully saturated rings. The Labute approximate surface area is 257 Å². The number of anilines is 1. The third kappa shape index (κ3) is 7.61.